The number of hydrogen-bond donors (Lipinski definition) is 2. The minimum Gasteiger partial charge on any atom is -0.388 e. The fraction of sp³-hybridized carbons (Fsp3) is 0. The molecular weight excluding hydrogens is 328 g/mol. The van der Waals surface area contributed by atoms with Crippen molar-refractivity contribution in [3.63, 3.8) is 0 Å². The second kappa shape index (κ2) is 5.61. The Morgan fingerprint density at radius 1 is 1.38 bits per heavy atom. The van der Waals surface area contributed by atoms with E-state index in [2.05, 4.69) is 4.99 Å². The first kappa shape index (κ1) is 14.3. The molecule has 3 rings (SSSR count). The number of halogens is 1. The zero-order valence-corrected chi connectivity index (χ0v) is 13.1. The molecule has 21 heavy (non-hydrogen) atoms. The van der Waals surface area contributed by atoms with Crippen LogP contribution in [-0.2, 0) is 10.8 Å². The van der Waals surface area contributed by atoms with Gasteiger partial charge in [0.15, 0.2) is 5.82 Å². The van der Waals surface area contributed by atoms with Gasteiger partial charge in [-0.2, -0.15) is 0 Å². The van der Waals surface area contributed by atoms with Crippen LogP contribution >= 0.6 is 22.9 Å². The number of fused-ring (bicyclic) bond motifs is 1. The van der Waals surface area contributed by atoms with Gasteiger partial charge < -0.3 is 5.73 Å². The molecule has 1 aromatic carbocycles. The van der Waals surface area contributed by atoms with Gasteiger partial charge in [-0.1, -0.05) is 17.7 Å². The van der Waals surface area contributed by atoms with Crippen molar-refractivity contribution in [2.24, 2.45) is 16.6 Å². The zero-order chi connectivity index (χ0) is 15.0. The van der Waals surface area contributed by atoms with E-state index in [-0.39, 0.29) is 10.9 Å². The second-order valence-corrected chi connectivity index (χ2v) is 7.00. The summed E-state index contributed by atoms with van der Waals surface area (Å²) in [5.41, 5.74) is 6.91. The fourth-order valence-electron chi connectivity index (χ4n) is 1.87. The van der Waals surface area contributed by atoms with Crippen LogP contribution in [0.15, 0.2) is 56.4 Å². The van der Waals surface area contributed by atoms with Gasteiger partial charge in [0.1, 0.15) is 20.8 Å². The Labute approximate surface area is 133 Å². The van der Waals surface area contributed by atoms with Crippen molar-refractivity contribution >= 4 is 45.0 Å². The second-order valence-electron chi connectivity index (χ2n) is 4.22. The zero-order valence-electron chi connectivity index (χ0n) is 10.7. The highest BCUT2D eigenvalue weighted by Gasteiger charge is 2.22. The molecule has 1 unspecified atom stereocenters. The lowest BCUT2D eigenvalue weighted by molar-refractivity contribution is 0.685. The summed E-state index contributed by atoms with van der Waals surface area (Å²) in [7, 11) is -1.58. The predicted molar refractivity (Wildman–Crippen MR) is 87.7 cm³/mol. The van der Waals surface area contributed by atoms with Crippen LogP contribution in [0.1, 0.15) is 5.56 Å². The lowest BCUT2D eigenvalue weighted by Crippen LogP contribution is -2.34. The molecule has 0 saturated heterocycles. The van der Waals surface area contributed by atoms with Crippen LogP contribution in [0.25, 0.3) is 0 Å². The van der Waals surface area contributed by atoms with Crippen molar-refractivity contribution < 1.29 is 4.21 Å². The quantitative estimate of drug-likeness (QED) is 0.823. The minimum absolute atomic E-state index is 0.0927. The predicted octanol–water partition coefficient (Wildman–Crippen LogP) is 2.41. The van der Waals surface area contributed by atoms with E-state index in [0.29, 0.717) is 9.92 Å². The lowest BCUT2D eigenvalue weighted by Gasteiger charge is -2.22. The number of hydrazine groups is 1. The molecule has 8 heteroatoms. The first-order chi connectivity index (χ1) is 10.1. The summed E-state index contributed by atoms with van der Waals surface area (Å²) in [6.45, 7) is 0. The van der Waals surface area contributed by atoms with Gasteiger partial charge in [0.2, 0.25) is 0 Å². The largest absolute Gasteiger partial charge is 0.388 e. The fourth-order valence-corrected chi connectivity index (χ4v) is 3.93. The van der Waals surface area contributed by atoms with Gasteiger partial charge in [-0.15, -0.1) is 11.3 Å². The number of nitrogens with zero attached hydrogens (tertiary/aromatic N) is 2. The van der Waals surface area contributed by atoms with E-state index < -0.39 is 10.8 Å². The highest BCUT2D eigenvalue weighted by atomic mass is 35.5. The molecule has 4 N–H and O–H groups in total. The molecular formula is C13H11ClN4OS2. The average Bonchev–Trinajstić information content (AvgIpc) is 2.95. The molecule has 0 saturated carbocycles. The van der Waals surface area contributed by atoms with Crippen LogP contribution in [0.2, 0.25) is 5.02 Å². The number of hydrogen-bond acceptors (Lipinski definition) is 6. The van der Waals surface area contributed by atoms with Crippen LogP contribution in [0.3, 0.4) is 0 Å². The highest BCUT2D eigenvalue weighted by molar-refractivity contribution is 7.89. The number of nitrogens with two attached hydrogens (primary N) is 2. The van der Waals surface area contributed by atoms with Crippen LogP contribution in [0, 0.1) is 0 Å². The van der Waals surface area contributed by atoms with Gasteiger partial charge in [-0.05, 0) is 29.6 Å². The minimum atomic E-state index is -1.58. The maximum atomic E-state index is 12.5. The van der Waals surface area contributed by atoms with E-state index in [1.807, 2.05) is 11.4 Å². The molecule has 0 fully saturated rings. The van der Waals surface area contributed by atoms with E-state index in [1.165, 1.54) is 16.3 Å². The van der Waals surface area contributed by atoms with Crippen LogP contribution in [-0.4, -0.2) is 10.4 Å². The Morgan fingerprint density at radius 2 is 2.19 bits per heavy atom. The van der Waals surface area contributed by atoms with Crippen molar-refractivity contribution in [3.8, 4) is 0 Å². The first-order valence-electron chi connectivity index (χ1n) is 5.91. The number of aliphatic imine (C=N–C) groups is 1. The molecule has 0 aliphatic carbocycles. The standard InChI is InChI=1S/C13H11ClN4OS2/c14-9-2-1-3-10(6-9)21(19)11(15)12-17-7-8-4-5-20-13(8)18(12)16/h1-7H,15-16H2/b12-11+. The van der Waals surface area contributed by atoms with Crippen molar-refractivity contribution in [2.75, 3.05) is 5.01 Å². The van der Waals surface area contributed by atoms with Crippen LogP contribution < -0.4 is 16.6 Å². The molecule has 5 nitrogen and oxygen atoms in total. The van der Waals surface area contributed by atoms with Crippen molar-refractivity contribution in [3.05, 3.63) is 57.1 Å². The third-order valence-corrected chi connectivity index (χ3v) is 5.30. The molecule has 0 bridgehead atoms. The molecule has 0 spiro atoms. The number of benzene rings is 1. The maximum Gasteiger partial charge on any atom is 0.181 e. The maximum absolute atomic E-state index is 12.5. The first-order valence-corrected chi connectivity index (χ1v) is 8.32. The Hall–Kier alpha value is -1.67. The summed E-state index contributed by atoms with van der Waals surface area (Å²) in [4.78, 5) is 4.71. The van der Waals surface area contributed by atoms with Gasteiger partial charge in [-0.25, -0.2) is 20.1 Å². The number of anilines is 1. The Balaban J connectivity index is 2.01. The van der Waals surface area contributed by atoms with Gasteiger partial charge in [0, 0.05) is 21.7 Å². The summed E-state index contributed by atoms with van der Waals surface area (Å²) in [6.07, 6.45) is 1.66. The van der Waals surface area contributed by atoms with E-state index in [0.717, 1.165) is 10.6 Å². The van der Waals surface area contributed by atoms with Gasteiger partial charge in [-0.3, -0.25) is 0 Å². The average molecular weight is 339 g/mol. The Bertz CT molecular complexity index is 784. The van der Waals surface area contributed by atoms with Gasteiger partial charge >= 0.3 is 0 Å². The summed E-state index contributed by atoms with van der Waals surface area (Å²) < 4.78 is 12.5. The molecule has 108 valence electrons. The number of rotatable bonds is 2. The monoisotopic (exact) mass is 338 g/mol. The van der Waals surface area contributed by atoms with E-state index in [1.54, 1.807) is 30.5 Å². The summed E-state index contributed by atoms with van der Waals surface area (Å²) in [6, 6.07) is 8.63. The lowest BCUT2D eigenvalue weighted by atomic mass is 10.3. The molecule has 0 amide bonds. The Kier molecular flexibility index (Phi) is 3.81. The third kappa shape index (κ3) is 2.60. The van der Waals surface area contributed by atoms with Crippen molar-refractivity contribution in [1.29, 1.82) is 0 Å². The summed E-state index contributed by atoms with van der Waals surface area (Å²) in [5.74, 6) is 6.29. The molecule has 1 aliphatic rings. The summed E-state index contributed by atoms with van der Waals surface area (Å²) in [5, 5.41) is 4.67. The van der Waals surface area contributed by atoms with Crippen molar-refractivity contribution in [2.45, 2.75) is 4.90 Å². The summed E-state index contributed by atoms with van der Waals surface area (Å²) >= 11 is 7.37. The van der Waals surface area contributed by atoms with E-state index in [9.17, 15) is 4.21 Å². The van der Waals surface area contributed by atoms with E-state index in [4.69, 9.17) is 23.2 Å². The smallest absolute Gasteiger partial charge is 0.181 e. The van der Waals surface area contributed by atoms with Gasteiger partial charge in [0.05, 0.1) is 0 Å². The Morgan fingerprint density at radius 3 is 2.95 bits per heavy atom. The van der Waals surface area contributed by atoms with Crippen molar-refractivity contribution in [1.82, 2.24) is 0 Å². The highest BCUT2D eigenvalue weighted by Crippen LogP contribution is 2.32. The normalized spacial score (nSPS) is 17.5. The molecule has 1 aromatic heterocycles. The SMILES string of the molecule is N/C(=C1/N=Cc2ccsc2N1N)S(=O)c1cccc(Cl)c1. The number of thiophene rings is 1. The van der Waals surface area contributed by atoms with Crippen LogP contribution in [0.4, 0.5) is 5.00 Å². The molecule has 1 atom stereocenters. The van der Waals surface area contributed by atoms with Gasteiger partial charge in [0.25, 0.3) is 0 Å². The van der Waals surface area contributed by atoms with Crippen LogP contribution in [0.5, 0.6) is 0 Å². The molecule has 1 aliphatic heterocycles. The topological polar surface area (TPSA) is 84.7 Å². The molecule has 0 radical (unpaired) electrons. The van der Waals surface area contributed by atoms with E-state index >= 15 is 0 Å². The third-order valence-electron chi connectivity index (χ3n) is 2.88. The molecule has 2 aromatic rings. The molecule has 2 heterocycles.